The molecule has 5 nitrogen and oxygen atoms in total. The molecular formula is C11H18BrN5. The van der Waals surface area contributed by atoms with Crippen molar-refractivity contribution in [2.45, 2.75) is 6.42 Å². The van der Waals surface area contributed by atoms with E-state index in [1.165, 1.54) is 0 Å². The third kappa shape index (κ3) is 3.37. The number of aromatic nitrogens is 2. The summed E-state index contributed by atoms with van der Waals surface area (Å²) in [6.45, 7) is 6.07. The predicted molar refractivity (Wildman–Crippen MR) is 72.1 cm³/mol. The molecule has 1 saturated heterocycles. The van der Waals surface area contributed by atoms with Gasteiger partial charge in [-0.3, -0.25) is 4.90 Å². The van der Waals surface area contributed by atoms with Crippen molar-refractivity contribution in [1.82, 2.24) is 14.9 Å². The van der Waals surface area contributed by atoms with Gasteiger partial charge in [-0.05, 0) is 35.4 Å². The summed E-state index contributed by atoms with van der Waals surface area (Å²) in [4.78, 5) is 13.1. The molecule has 1 aromatic rings. The molecular weight excluding hydrogens is 282 g/mol. The van der Waals surface area contributed by atoms with Crippen LogP contribution in [0.5, 0.6) is 0 Å². The van der Waals surface area contributed by atoms with Crippen molar-refractivity contribution in [1.29, 1.82) is 0 Å². The Morgan fingerprint density at radius 2 is 2.06 bits per heavy atom. The number of hydrogen-bond donors (Lipinski definition) is 1. The average molecular weight is 300 g/mol. The average Bonchev–Trinajstić information content (AvgIpc) is 2.38. The van der Waals surface area contributed by atoms with Gasteiger partial charge in [-0.1, -0.05) is 0 Å². The molecule has 94 valence electrons. The molecule has 2 N–H and O–H groups in total. The summed E-state index contributed by atoms with van der Waals surface area (Å²) in [6, 6.07) is 0. The molecule has 2 rings (SSSR count). The van der Waals surface area contributed by atoms with Gasteiger partial charge in [0.25, 0.3) is 0 Å². The minimum atomic E-state index is 0.775. The topological polar surface area (TPSA) is 58.3 Å². The number of anilines is 1. The van der Waals surface area contributed by atoms with E-state index >= 15 is 0 Å². The highest BCUT2D eigenvalue weighted by atomic mass is 79.9. The Bertz CT molecular complexity index is 351. The maximum atomic E-state index is 5.52. The van der Waals surface area contributed by atoms with Gasteiger partial charge < -0.3 is 10.6 Å². The van der Waals surface area contributed by atoms with E-state index in [1.54, 1.807) is 12.5 Å². The fraction of sp³-hybridized carbons (Fsp3) is 0.636. The first-order valence-electron chi connectivity index (χ1n) is 5.94. The first-order valence-corrected chi connectivity index (χ1v) is 6.73. The van der Waals surface area contributed by atoms with Crippen LogP contribution in [0.1, 0.15) is 6.42 Å². The standard InChI is InChI=1S/C11H18BrN5/c12-10-8-14-9-15-11(10)17-6-4-16(5-7-17)3-1-2-13/h8-9H,1-7,13H2. The zero-order chi connectivity index (χ0) is 12.1. The van der Waals surface area contributed by atoms with Gasteiger partial charge in [-0.2, -0.15) is 0 Å². The fourth-order valence-corrected chi connectivity index (χ4v) is 2.51. The van der Waals surface area contributed by atoms with Crippen LogP contribution in [-0.2, 0) is 0 Å². The second kappa shape index (κ2) is 6.28. The minimum Gasteiger partial charge on any atom is -0.353 e. The first-order chi connectivity index (χ1) is 8.31. The van der Waals surface area contributed by atoms with Crippen molar-refractivity contribution in [3.8, 4) is 0 Å². The van der Waals surface area contributed by atoms with Crippen LogP contribution >= 0.6 is 15.9 Å². The maximum Gasteiger partial charge on any atom is 0.146 e. The van der Waals surface area contributed by atoms with Crippen LogP contribution in [0.3, 0.4) is 0 Å². The van der Waals surface area contributed by atoms with E-state index in [0.717, 1.165) is 56.0 Å². The Hall–Kier alpha value is -0.720. The van der Waals surface area contributed by atoms with Gasteiger partial charge in [0.1, 0.15) is 12.1 Å². The highest BCUT2D eigenvalue weighted by Gasteiger charge is 2.18. The molecule has 1 aliphatic heterocycles. The molecule has 0 aromatic carbocycles. The van der Waals surface area contributed by atoms with Crippen LogP contribution in [0.4, 0.5) is 5.82 Å². The molecule has 0 radical (unpaired) electrons. The third-order valence-electron chi connectivity index (χ3n) is 3.00. The van der Waals surface area contributed by atoms with Crippen LogP contribution in [0.15, 0.2) is 17.0 Å². The molecule has 0 saturated carbocycles. The lowest BCUT2D eigenvalue weighted by molar-refractivity contribution is 0.256. The van der Waals surface area contributed by atoms with Crippen molar-refractivity contribution < 1.29 is 0 Å². The van der Waals surface area contributed by atoms with Gasteiger partial charge in [-0.25, -0.2) is 9.97 Å². The molecule has 0 unspecified atom stereocenters. The van der Waals surface area contributed by atoms with Crippen LogP contribution in [0.25, 0.3) is 0 Å². The van der Waals surface area contributed by atoms with E-state index in [9.17, 15) is 0 Å². The normalized spacial score (nSPS) is 17.4. The van der Waals surface area contributed by atoms with E-state index in [0.29, 0.717) is 0 Å². The van der Waals surface area contributed by atoms with Gasteiger partial charge in [0.2, 0.25) is 0 Å². The van der Waals surface area contributed by atoms with E-state index in [2.05, 4.69) is 35.7 Å². The van der Waals surface area contributed by atoms with Gasteiger partial charge in [0, 0.05) is 32.4 Å². The molecule has 1 aromatic heterocycles. The largest absolute Gasteiger partial charge is 0.353 e. The Balaban J connectivity index is 1.89. The van der Waals surface area contributed by atoms with Gasteiger partial charge in [-0.15, -0.1) is 0 Å². The lowest BCUT2D eigenvalue weighted by atomic mass is 10.3. The van der Waals surface area contributed by atoms with E-state index in [1.807, 2.05) is 0 Å². The SMILES string of the molecule is NCCCN1CCN(c2ncncc2Br)CC1. The zero-order valence-corrected chi connectivity index (χ0v) is 11.4. The Kier molecular flexibility index (Phi) is 4.70. The van der Waals surface area contributed by atoms with E-state index < -0.39 is 0 Å². The highest BCUT2D eigenvalue weighted by molar-refractivity contribution is 9.10. The molecule has 0 aliphatic carbocycles. The smallest absolute Gasteiger partial charge is 0.146 e. The van der Waals surface area contributed by atoms with Crippen molar-refractivity contribution >= 4 is 21.7 Å². The molecule has 17 heavy (non-hydrogen) atoms. The zero-order valence-electron chi connectivity index (χ0n) is 9.85. The molecule has 1 fully saturated rings. The van der Waals surface area contributed by atoms with E-state index in [4.69, 9.17) is 5.73 Å². The monoisotopic (exact) mass is 299 g/mol. The molecule has 0 spiro atoms. The Labute approximate surface area is 110 Å². The van der Waals surface area contributed by atoms with Crippen molar-refractivity contribution in [3.63, 3.8) is 0 Å². The van der Waals surface area contributed by atoms with Crippen molar-refractivity contribution in [3.05, 3.63) is 17.0 Å². The fourth-order valence-electron chi connectivity index (χ4n) is 2.04. The minimum absolute atomic E-state index is 0.775. The van der Waals surface area contributed by atoms with Crippen LogP contribution in [0, 0.1) is 0 Å². The van der Waals surface area contributed by atoms with Crippen LogP contribution in [-0.4, -0.2) is 54.1 Å². The van der Waals surface area contributed by atoms with Gasteiger partial charge in [0.05, 0.1) is 4.47 Å². The van der Waals surface area contributed by atoms with Crippen molar-refractivity contribution in [2.75, 3.05) is 44.2 Å². The number of rotatable bonds is 4. The van der Waals surface area contributed by atoms with Crippen LogP contribution < -0.4 is 10.6 Å². The predicted octanol–water partition coefficient (Wildman–Crippen LogP) is 0.710. The molecule has 0 atom stereocenters. The molecule has 1 aliphatic rings. The number of halogens is 1. The Morgan fingerprint density at radius 1 is 1.29 bits per heavy atom. The number of nitrogens with zero attached hydrogens (tertiary/aromatic N) is 4. The third-order valence-corrected chi connectivity index (χ3v) is 3.56. The number of hydrogen-bond acceptors (Lipinski definition) is 5. The molecule has 2 heterocycles. The lowest BCUT2D eigenvalue weighted by Gasteiger charge is -2.35. The summed E-state index contributed by atoms with van der Waals surface area (Å²) in [5, 5.41) is 0. The Morgan fingerprint density at radius 3 is 2.71 bits per heavy atom. The maximum absolute atomic E-state index is 5.52. The highest BCUT2D eigenvalue weighted by Crippen LogP contribution is 2.22. The summed E-state index contributed by atoms with van der Waals surface area (Å²) in [6.07, 6.45) is 4.47. The first kappa shape index (κ1) is 12.7. The van der Waals surface area contributed by atoms with E-state index in [-0.39, 0.29) is 0 Å². The molecule has 6 heteroatoms. The molecule has 0 amide bonds. The summed E-state index contributed by atoms with van der Waals surface area (Å²) in [7, 11) is 0. The number of piperazine rings is 1. The summed E-state index contributed by atoms with van der Waals surface area (Å²) in [5.74, 6) is 0.999. The molecule has 0 bridgehead atoms. The summed E-state index contributed by atoms with van der Waals surface area (Å²) >= 11 is 3.49. The summed E-state index contributed by atoms with van der Waals surface area (Å²) in [5.41, 5.74) is 5.52. The van der Waals surface area contributed by atoms with Crippen LogP contribution in [0.2, 0.25) is 0 Å². The number of nitrogens with two attached hydrogens (primary N) is 1. The lowest BCUT2D eigenvalue weighted by Crippen LogP contribution is -2.47. The van der Waals surface area contributed by atoms with Gasteiger partial charge >= 0.3 is 0 Å². The van der Waals surface area contributed by atoms with Crippen molar-refractivity contribution in [2.24, 2.45) is 5.73 Å². The quantitative estimate of drug-likeness (QED) is 0.887. The van der Waals surface area contributed by atoms with Gasteiger partial charge in [0.15, 0.2) is 0 Å². The summed E-state index contributed by atoms with van der Waals surface area (Å²) < 4.78 is 0.968. The second-order valence-corrected chi connectivity index (χ2v) is 5.02. The second-order valence-electron chi connectivity index (χ2n) is 4.17.